The second kappa shape index (κ2) is 11.9. The highest BCUT2D eigenvalue weighted by atomic mass is 127. The zero-order valence-corrected chi connectivity index (χ0v) is 17.3. The Labute approximate surface area is 156 Å². The van der Waals surface area contributed by atoms with Gasteiger partial charge >= 0.3 is 0 Å². The predicted octanol–water partition coefficient (Wildman–Crippen LogP) is 3.93. The summed E-state index contributed by atoms with van der Waals surface area (Å²) in [6, 6.07) is 0. The summed E-state index contributed by atoms with van der Waals surface area (Å²) >= 11 is 1.79. The van der Waals surface area contributed by atoms with Gasteiger partial charge in [0.2, 0.25) is 0 Å². The molecule has 4 nitrogen and oxygen atoms in total. The maximum atomic E-state index is 4.48. The predicted molar refractivity (Wildman–Crippen MR) is 108 cm³/mol. The summed E-state index contributed by atoms with van der Waals surface area (Å²) < 4.78 is 0. The second-order valence-corrected chi connectivity index (χ2v) is 6.77. The van der Waals surface area contributed by atoms with E-state index in [0.717, 1.165) is 38.3 Å². The highest BCUT2D eigenvalue weighted by Gasteiger charge is 2.07. The van der Waals surface area contributed by atoms with Crippen LogP contribution in [0.2, 0.25) is 0 Å². The first-order valence-corrected chi connectivity index (χ1v) is 8.34. The maximum absolute atomic E-state index is 4.48. The Kier molecular flexibility index (Phi) is 11.5. The van der Waals surface area contributed by atoms with Crippen molar-refractivity contribution in [2.24, 2.45) is 10.9 Å². The minimum absolute atomic E-state index is 0. The van der Waals surface area contributed by atoms with E-state index in [2.05, 4.69) is 47.7 Å². The molecule has 1 aromatic rings. The van der Waals surface area contributed by atoms with Gasteiger partial charge < -0.3 is 10.2 Å². The second-order valence-electron chi connectivity index (χ2n) is 5.57. The highest BCUT2D eigenvalue weighted by Crippen LogP contribution is 2.16. The number of halogens is 1. The molecule has 22 heavy (non-hydrogen) atoms. The molecule has 0 saturated heterocycles. The SMILES string of the molecule is C=CCCCN(C)C(=NC)NCc1cnc(CC(C)C)s1.I. The van der Waals surface area contributed by atoms with Gasteiger partial charge in [-0.1, -0.05) is 19.9 Å². The number of nitrogens with zero attached hydrogens (tertiary/aromatic N) is 3. The summed E-state index contributed by atoms with van der Waals surface area (Å²) in [7, 11) is 3.89. The lowest BCUT2D eigenvalue weighted by molar-refractivity contribution is 0.470. The number of guanidine groups is 1. The van der Waals surface area contributed by atoms with Crippen LogP contribution < -0.4 is 5.32 Å². The van der Waals surface area contributed by atoms with Crippen molar-refractivity contribution in [3.05, 3.63) is 28.7 Å². The summed E-state index contributed by atoms with van der Waals surface area (Å²) in [6.07, 6.45) is 7.12. The molecular weight excluding hydrogens is 407 g/mol. The molecular formula is C16H29IN4S. The van der Waals surface area contributed by atoms with Crippen molar-refractivity contribution in [1.82, 2.24) is 15.2 Å². The van der Waals surface area contributed by atoms with E-state index in [1.807, 2.05) is 19.3 Å². The third kappa shape index (κ3) is 8.12. The zero-order valence-electron chi connectivity index (χ0n) is 14.1. The van der Waals surface area contributed by atoms with Crippen LogP contribution in [0.3, 0.4) is 0 Å². The molecule has 0 atom stereocenters. The molecule has 0 aromatic carbocycles. The number of aliphatic imine (C=N–C) groups is 1. The topological polar surface area (TPSA) is 40.5 Å². The standard InChI is InChI=1S/C16H28N4S.HI/c1-6-7-8-9-20(5)16(17-4)19-12-14-11-18-15(21-14)10-13(2)3;/h6,11,13H,1,7-10,12H2,2-5H3,(H,17,19);1H. The van der Waals surface area contributed by atoms with E-state index < -0.39 is 0 Å². The van der Waals surface area contributed by atoms with Crippen LogP contribution in [0.1, 0.15) is 36.6 Å². The summed E-state index contributed by atoms with van der Waals surface area (Å²) in [4.78, 5) is 12.2. The highest BCUT2D eigenvalue weighted by molar-refractivity contribution is 14.0. The number of hydrogen-bond acceptors (Lipinski definition) is 3. The fourth-order valence-electron chi connectivity index (χ4n) is 2.00. The van der Waals surface area contributed by atoms with Crippen molar-refractivity contribution in [2.45, 2.75) is 39.7 Å². The van der Waals surface area contributed by atoms with Crippen molar-refractivity contribution in [1.29, 1.82) is 0 Å². The average molecular weight is 436 g/mol. The van der Waals surface area contributed by atoms with Crippen LogP contribution in [-0.2, 0) is 13.0 Å². The average Bonchev–Trinajstić information content (AvgIpc) is 2.86. The molecule has 126 valence electrons. The van der Waals surface area contributed by atoms with E-state index in [-0.39, 0.29) is 24.0 Å². The molecule has 0 amide bonds. The smallest absolute Gasteiger partial charge is 0.193 e. The van der Waals surface area contributed by atoms with Crippen molar-refractivity contribution in [3.63, 3.8) is 0 Å². The van der Waals surface area contributed by atoms with Gasteiger partial charge in [0.15, 0.2) is 5.96 Å². The van der Waals surface area contributed by atoms with Crippen molar-refractivity contribution < 1.29 is 0 Å². The van der Waals surface area contributed by atoms with Gasteiger partial charge in [-0.2, -0.15) is 0 Å². The first-order valence-electron chi connectivity index (χ1n) is 7.53. The van der Waals surface area contributed by atoms with Crippen molar-refractivity contribution in [3.8, 4) is 0 Å². The van der Waals surface area contributed by atoms with E-state index >= 15 is 0 Å². The number of aromatic nitrogens is 1. The van der Waals surface area contributed by atoms with Crippen molar-refractivity contribution in [2.75, 3.05) is 20.6 Å². The van der Waals surface area contributed by atoms with Crippen LogP contribution in [0.5, 0.6) is 0 Å². The van der Waals surface area contributed by atoms with Crippen LogP contribution >= 0.6 is 35.3 Å². The Morgan fingerprint density at radius 2 is 2.27 bits per heavy atom. The quantitative estimate of drug-likeness (QED) is 0.221. The van der Waals surface area contributed by atoms with E-state index in [1.54, 1.807) is 11.3 Å². The Hall–Kier alpha value is -0.630. The van der Waals surface area contributed by atoms with Crippen LogP contribution in [0.4, 0.5) is 0 Å². The van der Waals surface area contributed by atoms with Gasteiger partial charge in [-0.3, -0.25) is 4.99 Å². The minimum atomic E-state index is 0. The van der Waals surface area contributed by atoms with E-state index in [9.17, 15) is 0 Å². The summed E-state index contributed by atoms with van der Waals surface area (Å²) in [5, 5.41) is 4.62. The van der Waals surface area contributed by atoms with Gasteiger partial charge in [-0.05, 0) is 18.8 Å². The lowest BCUT2D eigenvalue weighted by Crippen LogP contribution is -2.38. The molecule has 0 fully saturated rings. The maximum Gasteiger partial charge on any atom is 0.193 e. The molecule has 1 N–H and O–H groups in total. The molecule has 0 aliphatic carbocycles. The Morgan fingerprint density at radius 3 is 2.86 bits per heavy atom. The van der Waals surface area contributed by atoms with Gasteiger partial charge in [0.25, 0.3) is 0 Å². The van der Waals surface area contributed by atoms with Crippen LogP contribution in [-0.4, -0.2) is 36.5 Å². The number of hydrogen-bond donors (Lipinski definition) is 1. The molecule has 1 aromatic heterocycles. The first-order chi connectivity index (χ1) is 10.1. The van der Waals surface area contributed by atoms with E-state index in [0.29, 0.717) is 5.92 Å². The van der Waals surface area contributed by atoms with Gasteiger partial charge in [0.05, 0.1) is 11.6 Å². The lowest BCUT2D eigenvalue weighted by atomic mass is 10.1. The fraction of sp³-hybridized carbons (Fsp3) is 0.625. The third-order valence-corrected chi connectivity index (χ3v) is 4.10. The van der Waals surface area contributed by atoms with Crippen LogP contribution in [0, 0.1) is 5.92 Å². The monoisotopic (exact) mass is 436 g/mol. The lowest BCUT2D eigenvalue weighted by Gasteiger charge is -2.21. The summed E-state index contributed by atoms with van der Waals surface area (Å²) in [5.41, 5.74) is 0. The largest absolute Gasteiger partial charge is 0.351 e. The Bertz CT molecular complexity index is 457. The number of thiazole rings is 1. The van der Waals surface area contributed by atoms with E-state index in [1.165, 1.54) is 9.88 Å². The van der Waals surface area contributed by atoms with Gasteiger partial charge in [0.1, 0.15) is 0 Å². The Balaban J connectivity index is 0.00000441. The molecule has 6 heteroatoms. The first kappa shape index (κ1) is 21.4. The van der Waals surface area contributed by atoms with E-state index in [4.69, 9.17) is 0 Å². The molecule has 0 bridgehead atoms. The minimum Gasteiger partial charge on any atom is -0.351 e. The Morgan fingerprint density at radius 1 is 1.55 bits per heavy atom. The molecule has 0 aliphatic rings. The normalized spacial score (nSPS) is 11.2. The van der Waals surface area contributed by atoms with Gasteiger partial charge in [-0.25, -0.2) is 4.98 Å². The number of unbranched alkanes of at least 4 members (excludes halogenated alkanes) is 1. The molecule has 0 aliphatic heterocycles. The summed E-state index contributed by atoms with van der Waals surface area (Å²) in [6.45, 7) is 9.96. The third-order valence-electron chi connectivity index (χ3n) is 3.08. The fourth-order valence-corrected chi connectivity index (χ4v) is 3.08. The molecule has 1 heterocycles. The molecule has 0 unspecified atom stereocenters. The van der Waals surface area contributed by atoms with Crippen LogP contribution in [0.15, 0.2) is 23.8 Å². The molecule has 0 radical (unpaired) electrons. The zero-order chi connectivity index (χ0) is 15.7. The number of nitrogens with one attached hydrogen (secondary N) is 1. The number of rotatable bonds is 8. The van der Waals surface area contributed by atoms with Gasteiger partial charge in [0, 0.05) is 38.1 Å². The van der Waals surface area contributed by atoms with Crippen molar-refractivity contribution >= 4 is 41.3 Å². The summed E-state index contributed by atoms with van der Waals surface area (Å²) in [5.74, 6) is 1.58. The number of allylic oxidation sites excluding steroid dienone is 1. The molecule has 0 spiro atoms. The molecule has 0 saturated carbocycles. The van der Waals surface area contributed by atoms with Gasteiger partial charge in [-0.15, -0.1) is 41.9 Å². The molecule has 1 rings (SSSR count). The van der Waals surface area contributed by atoms with Crippen LogP contribution in [0.25, 0.3) is 0 Å².